The highest BCUT2D eigenvalue weighted by Crippen LogP contribution is 2.39. The average molecular weight is 340 g/mol. The van der Waals surface area contributed by atoms with Crippen molar-refractivity contribution in [1.29, 1.82) is 0 Å². The molecule has 2 aromatic carbocycles. The number of nitrogens with two attached hydrogens (primary N) is 1. The molecule has 0 saturated carbocycles. The van der Waals surface area contributed by atoms with Gasteiger partial charge in [0.05, 0.1) is 22.6 Å². The highest BCUT2D eigenvalue weighted by atomic mass is 15.3. The lowest BCUT2D eigenvalue weighted by atomic mass is 9.91. The van der Waals surface area contributed by atoms with E-state index in [9.17, 15) is 0 Å². The second-order valence-corrected chi connectivity index (χ2v) is 6.87. The summed E-state index contributed by atoms with van der Waals surface area (Å²) in [5, 5.41) is 5.88. The molecule has 0 atom stereocenters. The fourth-order valence-corrected chi connectivity index (χ4v) is 3.85. The third-order valence-electron chi connectivity index (χ3n) is 5.19. The fraction of sp³-hybridized carbons (Fsp3) is 0.182. The predicted octanol–water partition coefficient (Wildman–Crippen LogP) is 4.02. The largest absolute Gasteiger partial charge is 0.398 e. The van der Waals surface area contributed by atoms with Crippen molar-refractivity contribution < 1.29 is 0 Å². The third kappa shape index (κ3) is 2.46. The number of anilines is 1. The van der Waals surface area contributed by atoms with Gasteiger partial charge in [0, 0.05) is 23.7 Å². The summed E-state index contributed by atoms with van der Waals surface area (Å²) < 4.78 is 2.06. The number of nitrogens with zero attached hydrogens (tertiary/aromatic N) is 3. The van der Waals surface area contributed by atoms with Gasteiger partial charge in [-0.2, -0.15) is 5.10 Å². The summed E-state index contributed by atoms with van der Waals surface area (Å²) in [6.07, 6.45) is 5.04. The standard InChI is InChI=1S/C22H20N4/c23-21-17-8-4-5-9-18(17)24-19-11-10-16-14-26(25-22(16)20(19)21)13-12-15-6-2-1-3-7-15/h1-9,14H,10-13H2,(H2,23,24). The van der Waals surface area contributed by atoms with Gasteiger partial charge in [0.25, 0.3) is 0 Å². The van der Waals surface area contributed by atoms with Crippen LogP contribution in [0.15, 0.2) is 60.8 Å². The first-order valence-electron chi connectivity index (χ1n) is 9.07. The van der Waals surface area contributed by atoms with Crippen molar-refractivity contribution in [3.8, 4) is 11.3 Å². The lowest BCUT2D eigenvalue weighted by Gasteiger charge is -2.17. The number of aromatic nitrogens is 3. The van der Waals surface area contributed by atoms with Gasteiger partial charge in [0.1, 0.15) is 0 Å². The summed E-state index contributed by atoms with van der Waals surface area (Å²) in [5.74, 6) is 0. The van der Waals surface area contributed by atoms with Crippen LogP contribution in [-0.4, -0.2) is 14.8 Å². The third-order valence-corrected chi connectivity index (χ3v) is 5.19. The number of fused-ring (bicyclic) bond motifs is 4. The Balaban J connectivity index is 1.53. The lowest BCUT2D eigenvalue weighted by Crippen LogP contribution is -2.08. The molecular weight excluding hydrogens is 320 g/mol. The maximum absolute atomic E-state index is 6.54. The molecular formula is C22H20N4. The summed E-state index contributed by atoms with van der Waals surface area (Å²) in [7, 11) is 0. The van der Waals surface area contributed by atoms with Gasteiger partial charge >= 0.3 is 0 Å². The van der Waals surface area contributed by atoms with Crippen molar-refractivity contribution in [2.24, 2.45) is 0 Å². The number of hydrogen-bond acceptors (Lipinski definition) is 3. The first kappa shape index (κ1) is 15.1. The predicted molar refractivity (Wildman–Crippen MR) is 105 cm³/mol. The van der Waals surface area contributed by atoms with Gasteiger partial charge < -0.3 is 5.73 Å². The highest BCUT2D eigenvalue weighted by molar-refractivity contribution is 5.99. The molecule has 26 heavy (non-hydrogen) atoms. The zero-order chi connectivity index (χ0) is 17.5. The van der Waals surface area contributed by atoms with Crippen molar-refractivity contribution in [3.63, 3.8) is 0 Å². The molecule has 2 heterocycles. The lowest BCUT2D eigenvalue weighted by molar-refractivity contribution is 0.616. The first-order chi connectivity index (χ1) is 12.8. The first-order valence-corrected chi connectivity index (χ1v) is 9.07. The van der Waals surface area contributed by atoms with Crippen LogP contribution in [0.25, 0.3) is 22.2 Å². The van der Waals surface area contributed by atoms with E-state index in [0.29, 0.717) is 0 Å². The number of nitrogen functional groups attached to an aromatic ring is 1. The molecule has 0 fully saturated rings. The van der Waals surface area contributed by atoms with Crippen LogP contribution in [0.5, 0.6) is 0 Å². The molecule has 2 N–H and O–H groups in total. The Hall–Kier alpha value is -3.14. The summed E-state index contributed by atoms with van der Waals surface area (Å²) in [6, 6.07) is 18.6. The molecule has 2 aromatic heterocycles. The van der Waals surface area contributed by atoms with E-state index in [1.54, 1.807) is 0 Å². The second kappa shape index (κ2) is 5.99. The minimum absolute atomic E-state index is 0.805. The van der Waals surface area contributed by atoms with E-state index >= 15 is 0 Å². The Morgan fingerprint density at radius 2 is 1.77 bits per heavy atom. The number of pyridine rings is 1. The van der Waals surface area contributed by atoms with Gasteiger partial charge in [-0.1, -0.05) is 48.5 Å². The normalized spacial score (nSPS) is 12.8. The van der Waals surface area contributed by atoms with E-state index in [-0.39, 0.29) is 0 Å². The molecule has 1 aliphatic rings. The zero-order valence-corrected chi connectivity index (χ0v) is 14.5. The van der Waals surface area contributed by atoms with Crippen molar-refractivity contribution >= 4 is 16.6 Å². The van der Waals surface area contributed by atoms with Crippen LogP contribution < -0.4 is 5.73 Å². The van der Waals surface area contributed by atoms with Crippen LogP contribution in [0.4, 0.5) is 5.69 Å². The van der Waals surface area contributed by atoms with Crippen LogP contribution in [0.1, 0.15) is 16.8 Å². The maximum Gasteiger partial charge on any atom is 0.0994 e. The number of rotatable bonds is 3. The number of hydrogen-bond donors (Lipinski definition) is 1. The topological polar surface area (TPSA) is 56.7 Å². The van der Waals surface area contributed by atoms with Gasteiger partial charge in [-0.25, -0.2) is 0 Å². The monoisotopic (exact) mass is 340 g/mol. The van der Waals surface area contributed by atoms with Crippen molar-refractivity contribution in [1.82, 2.24) is 14.8 Å². The molecule has 0 saturated heterocycles. The van der Waals surface area contributed by atoms with Crippen LogP contribution in [0.2, 0.25) is 0 Å². The van der Waals surface area contributed by atoms with Crippen molar-refractivity contribution in [2.75, 3.05) is 5.73 Å². The Morgan fingerprint density at radius 1 is 0.962 bits per heavy atom. The van der Waals surface area contributed by atoms with E-state index in [1.165, 1.54) is 11.1 Å². The number of para-hydroxylation sites is 1. The summed E-state index contributed by atoms with van der Waals surface area (Å²) in [4.78, 5) is 4.85. The van der Waals surface area contributed by atoms with Crippen LogP contribution in [0.3, 0.4) is 0 Å². The second-order valence-electron chi connectivity index (χ2n) is 6.87. The average Bonchev–Trinajstić information content (AvgIpc) is 3.10. The van der Waals surface area contributed by atoms with E-state index in [0.717, 1.165) is 59.3 Å². The Kier molecular flexibility index (Phi) is 3.49. The molecule has 4 nitrogen and oxygen atoms in total. The van der Waals surface area contributed by atoms with Gasteiger partial charge in [0.2, 0.25) is 0 Å². The quantitative estimate of drug-likeness (QED) is 0.613. The molecule has 4 aromatic rings. The molecule has 5 rings (SSSR count). The van der Waals surface area contributed by atoms with Crippen LogP contribution in [0, 0.1) is 0 Å². The zero-order valence-electron chi connectivity index (χ0n) is 14.5. The van der Waals surface area contributed by atoms with Gasteiger partial charge in [0.15, 0.2) is 0 Å². The van der Waals surface area contributed by atoms with Crippen LogP contribution in [-0.2, 0) is 25.8 Å². The minimum Gasteiger partial charge on any atom is -0.398 e. The summed E-state index contributed by atoms with van der Waals surface area (Å²) >= 11 is 0. The van der Waals surface area contributed by atoms with Gasteiger partial charge in [-0.05, 0) is 36.5 Å². The fourth-order valence-electron chi connectivity index (χ4n) is 3.85. The molecule has 0 radical (unpaired) electrons. The Morgan fingerprint density at radius 3 is 2.65 bits per heavy atom. The Labute approximate surface area is 152 Å². The van der Waals surface area contributed by atoms with E-state index in [2.05, 4.69) is 35.1 Å². The van der Waals surface area contributed by atoms with E-state index in [1.807, 2.05) is 30.3 Å². The molecule has 0 spiro atoms. The number of aryl methyl sites for hydroxylation is 4. The summed E-state index contributed by atoms with van der Waals surface area (Å²) in [6.45, 7) is 0.868. The van der Waals surface area contributed by atoms with E-state index in [4.69, 9.17) is 15.8 Å². The summed E-state index contributed by atoms with van der Waals surface area (Å²) in [5.41, 5.74) is 14.0. The molecule has 0 bridgehead atoms. The molecule has 0 aliphatic heterocycles. The highest BCUT2D eigenvalue weighted by Gasteiger charge is 2.24. The molecule has 1 aliphatic carbocycles. The molecule has 0 amide bonds. The van der Waals surface area contributed by atoms with Crippen molar-refractivity contribution in [3.05, 3.63) is 77.6 Å². The molecule has 128 valence electrons. The van der Waals surface area contributed by atoms with Gasteiger partial charge in [-0.15, -0.1) is 0 Å². The minimum atomic E-state index is 0.805. The van der Waals surface area contributed by atoms with Crippen molar-refractivity contribution in [2.45, 2.75) is 25.8 Å². The van der Waals surface area contributed by atoms with Crippen LogP contribution >= 0.6 is 0 Å². The Bertz CT molecular complexity index is 1100. The molecule has 0 unspecified atom stereocenters. The number of benzene rings is 2. The van der Waals surface area contributed by atoms with E-state index < -0.39 is 0 Å². The smallest absolute Gasteiger partial charge is 0.0994 e. The van der Waals surface area contributed by atoms with Gasteiger partial charge in [-0.3, -0.25) is 9.67 Å². The molecule has 4 heteroatoms. The SMILES string of the molecule is Nc1c2c(nc3ccccc13)CCc1cn(CCc3ccccc3)nc1-2. The maximum atomic E-state index is 6.54.